The van der Waals surface area contributed by atoms with E-state index in [2.05, 4.69) is 51.6 Å². The van der Waals surface area contributed by atoms with Crippen molar-refractivity contribution in [1.29, 1.82) is 0 Å². The van der Waals surface area contributed by atoms with Crippen molar-refractivity contribution in [2.24, 2.45) is 0 Å². The fourth-order valence-electron chi connectivity index (χ4n) is 1.08. The Morgan fingerprint density at radius 2 is 1.73 bits per heavy atom. The fourth-order valence-corrected chi connectivity index (χ4v) is 1.78. The number of hydrogen-bond acceptors (Lipinski definition) is 5. The van der Waals surface area contributed by atoms with Gasteiger partial charge in [0.15, 0.2) is 6.33 Å². The van der Waals surface area contributed by atoms with Crippen molar-refractivity contribution in [3.63, 3.8) is 0 Å². The molecule has 2 aromatic rings. The van der Waals surface area contributed by atoms with E-state index in [-0.39, 0.29) is 0 Å². The minimum Gasteiger partial charge on any atom is -0.134 e. The Balaban J connectivity index is 1.96. The number of thioether (sulfide) groups is 1. The molecular weight excluding hydrogens is 208 g/mol. The van der Waals surface area contributed by atoms with Crippen LogP contribution >= 0.6 is 11.8 Å². The van der Waals surface area contributed by atoms with Crippen LogP contribution in [-0.2, 0) is 5.75 Å². The zero-order valence-electron chi connectivity index (χ0n) is 8.29. The van der Waals surface area contributed by atoms with Gasteiger partial charge in [0.25, 0.3) is 0 Å². The molecule has 76 valence electrons. The average Bonchev–Trinajstić information content (AvgIpc) is 2.30. The zero-order chi connectivity index (χ0) is 10.5. The maximum atomic E-state index is 3.85. The molecular formula is C10H10N4S. The van der Waals surface area contributed by atoms with Crippen molar-refractivity contribution in [2.45, 2.75) is 17.8 Å². The predicted octanol–water partition coefficient (Wildman–Crippen LogP) is 1.87. The fraction of sp³-hybridized carbons (Fsp3) is 0.200. The van der Waals surface area contributed by atoms with E-state index >= 15 is 0 Å². The SMILES string of the molecule is Cc1ccc(CSc2nncnn2)cc1. The number of benzene rings is 1. The summed E-state index contributed by atoms with van der Waals surface area (Å²) in [6, 6.07) is 8.40. The molecule has 0 fully saturated rings. The molecule has 15 heavy (non-hydrogen) atoms. The Hall–Kier alpha value is -1.49. The molecule has 0 bridgehead atoms. The van der Waals surface area contributed by atoms with Crippen LogP contribution in [0.1, 0.15) is 11.1 Å². The van der Waals surface area contributed by atoms with Gasteiger partial charge in [0, 0.05) is 5.75 Å². The molecule has 0 spiro atoms. The van der Waals surface area contributed by atoms with Gasteiger partial charge in [-0.2, -0.15) is 0 Å². The maximum Gasteiger partial charge on any atom is 0.230 e. The molecule has 4 nitrogen and oxygen atoms in total. The molecule has 0 unspecified atom stereocenters. The van der Waals surface area contributed by atoms with Crippen LogP contribution in [-0.4, -0.2) is 20.4 Å². The normalized spacial score (nSPS) is 10.2. The first kappa shape index (κ1) is 10.0. The van der Waals surface area contributed by atoms with Crippen LogP contribution in [0.4, 0.5) is 0 Å². The lowest BCUT2D eigenvalue weighted by Gasteiger charge is -1.99. The summed E-state index contributed by atoms with van der Waals surface area (Å²) in [5, 5.41) is 15.6. The van der Waals surface area contributed by atoms with Crippen molar-refractivity contribution in [3.05, 3.63) is 41.7 Å². The van der Waals surface area contributed by atoms with Crippen LogP contribution in [0.2, 0.25) is 0 Å². The summed E-state index contributed by atoms with van der Waals surface area (Å²) < 4.78 is 0. The third kappa shape index (κ3) is 2.99. The first-order valence-electron chi connectivity index (χ1n) is 4.53. The lowest BCUT2D eigenvalue weighted by atomic mass is 10.2. The molecule has 1 aromatic carbocycles. The van der Waals surface area contributed by atoms with Gasteiger partial charge in [0.05, 0.1) is 0 Å². The van der Waals surface area contributed by atoms with E-state index in [0.29, 0.717) is 5.16 Å². The summed E-state index contributed by atoms with van der Waals surface area (Å²) in [5.41, 5.74) is 2.51. The highest BCUT2D eigenvalue weighted by atomic mass is 32.2. The monoisotopic (exact) mass is 218 g/mol. The number of aromatic nitrogens is 4. The van der Waals surface area contributed by atoms with Crippen molar-refractivity contribution < 1.29 is 0 Å². The van der Waals surface area contributed by atoms with Gasteiger partial charge in [0.1, 0.15) is 0 Å². The molecule has 0 amide bonds. The maximum absolute atomic E-state index is 3.85. The van der Waals surface area contributed by atoms with Gasteiger partial charge in [-0.25, -0.2) is 0 Å². The van der Waals surface area contributed by atoms with E-state index in [1.54, 1.807) is 0 Å². The van der Waals surface area contributed by atoms with E-state index in [1.165, 1.54) is 29.2 Å². The molecule has 2 rings (SSSR count). The van der Waals surface area contributed by atoms with Crippen LogP contribution in [0.5, 0.6) is 0 Å². The molecule has 0 aliphatic carbocycles. The number of aryl methyl sites for hydroxylation is 1. The highest BCUT2D eigenvalue weighted by molar-refractivity contribution is 7.98. The standard InChI is InChI=1S/C10H10N4S/c1-8-2-4-9(5-3-8)6-15-10-13-11-7-12-14-10/h2-5,7H,6H2,1H3. The molecule has 0 aliphatic rings. The molecule has 1 aromatic heterocycles. The molecule has 0 aliphatic heterocycles. The Morgan fingerprint density at radius 1 is 1.07 bits per heavy atom. The van der Waals surface area contributed by atoms with E-state index in [0.717, 1.165) is 5.75 Å². The second kappa shape index (κ2) is 4.84. The predicted molar refractivity (Wildman–Crippen MR) is 58.4 cm³/mol. The van der Waals surface area contributed by atoms with Crippen LogP contribution in [0.25, 0.3) is 0 Å². The highest BCUT2D eigenvalue weighted by Crippen LogP contribution is 2.17. The van der Waals surface area contributed by atoms with E-state index in [4.69, 9.17) is 0 Å². The van der Waals surface area contributed by atoms with Gasteiger partial charge in [-0.3, -0.25) is 0 Å². The van der Waals surface area contributed by atoms with Crippen molar-refractivity contribution in [2.75, 3.05) is 0 Å². The van der Waals surface area contributed by atoms with Crippen LogP contribution in [0, 0.1) is 6.92 Å². The second-order valence-corrected chi connectivity index (χ2v) is 4.05. The number of nitrogens with zero attached hydrogens (tertiary/aromatic N) is 4. The highest BCUT2D eigenvalue weighted by Gasteiger charge is 1.98. The zero-order valence-corrected chi connectivity index (χ0v) is 9.11. The Morgan fingerprint density at radius 3 is 2.40 bits per heavy atom. The molecule has 0 atom stereocenters. The minimum atomic E-state index is 0.609. The molecule has 0 saturated heterocycles. The van der Waals surface area contributed by atoms with Gasteiger partial charge in [-0.1, -0.05) is 41.6 Å². The van der Waals surface area contributed by atoms with Gasteiger partial charge in [-0.05, 0) is 12.5 Å². The van der Waals surface area contributed by atoms with Gasteiger partial charge >= 0.3 is 0 Å². The molecule has 0 saturated carbocycles. The number of rotatable bonds is 3. The largest absolute Gasteiger partial charge is 0.230 e. The van der Waals surface area contributed by atoms with Crippen LogP contribution in [0.15, 0.2) is 35.7 Å². The van der Waals surface area contributed by atoms with E-state index < -0.39 is 0 Å². The van der Waals surface area contributed by atoms with Crippen molar-refractivity contribution in [1.82, 2.24) is 20.4 Å². The van der Waals surface area contributed by atoms with Crippen LogP contribution < -0.4 is 0 Å². The van der Waals surface area contributed by atoms with E-state index in [1.807, 2.05) is 0 Å². The van der Waals surface area contributed by atoms with Crippen molar-refractivity contribution >= 4 is 11.8 Å². The van der Waals surface area contributed by atoms with Gasteiger partial charge in [-0.15, -0.1) is 20.4 Å². The Kier molecular flexibility index (Phi) is 3.24. The third-order valence-corrected chi connectivity index (χ3v) is 2.78. The lowest BCUT2D eigenvalue weighted by molar-refractivity contribution is 0.744. The summed E-state index contributed by atoms with van der Waals surface area (Å²) in [6.45, 7) is 2.07. The molecule has 0 radical (unpaired) electrons. The first-order valence-corrected chi connectivity index (χ1v) is 5.52. The summed E-state index contributed by atoms with van der Waals surface area (Å²) in [5.74, 6) is 0.841. The molecule has 0 N–H and O–H groups in total. The summed E-state index contributed by atoms with van der Waals surface area (Å²) in [4.78, 5) is 0. The lowest BCUT2D eigenvalue weighted by Crippen LogP contribution is -1.92. The average molecular weight is 218 g/mol. The van der Waals surface area contributed by atoms with Crippen molar-refractivity contribution in [3.8, 4) is 0 Å². The quantitative estimate of drug-likeness (QED) is 0.736. The first-order chi connectivity index (χ1) is 7.34. The second-order valence-electron chi connectivity index (χ2n) is 3.10. The van der Waals surface area contributed by atoms with Crippen LogP contribution in [0.3, 0.4) is 0 Å². The third-order valence-electron chi connectivity index (χ3n) is 1.88. The molecule has 1 heterocycles. The minimum absolute atomic E-state index is 0.609. The summed E-state index contributed by atoms with van der Waals surface area (Å²) >= 11 is 1.53. The smallest absolute Gasteiger partial charge is 0.134 e. The summed E-state index contributed by atoms with van der Waals surface area (Å²) in [7, 11) is 0. The molecule has 5 heteroatoms. The van der Waals surface area contributed by atoms with Gasteiger partial charge in [0.2, 0.25) is 5.16 Å². The summed E-state index contributed by atoms with van der Waals surface area (Å²) in [6.07, 6.45) is 1.33. The van der Waals surface area contributed by atoms with Gasteiger partial charge < -0.3 is 0 Å². The topological polar surface area (TPSA) is 51.6 Å². The Bertz CT molecular complexity index is 415. The van der Waals surface area contributed by atoms with E-state index in [9.17, 15) is 0 Å². The Labute approximate surface area is 92.2 Å². The number of hydrogen-bond donors (Lipinski definition) is 0.